The van der Waals surface area contributed by atoms with E-state index in [1.807, 2.05) is 0 Å². The number of hydrogen-bond acceptors (Lipinski definition) is 2. The largest absolute Gasteiger partial charge is 0.311 e. The zero-order chi connectivity index (χ0) is 45.5. The van der Waals surface area contributed by atoms with Gasteiger partial charge in [-0.1, -0.05) is 206 Å². The second kappa shape index (κ2) is 19.4. The summed E-state index contributed by atoms with van der Waals surface area (Å²) in [5.74, 6) is 0. The molecule has 10 aromatic carbocycles. The fourth-order valence-corrected chi connectivity index (χ4v) is 9.54. The van der Waals surface area contributed by atoms with Crippen LogP contribution in [0.15, 0.2) is 279 Å². The van der Waals surface area contributed by atoms with Crippen molar-refractivity contribution in [3.63, 3.8) is 0 Å². The monoisotopic (exact) mass is 870 g/mol. The summed E-state index contributed by atoms with van der Waals surface area (Å²) in [5.41, 5.74) is 21.1. The predicted molar refractivity (Wildman–Crippen MR) is 289 cm³/mol. The normalized spacial score (nSPS) is 12.0. The number of anilines is 6. The molecule has 68 heavy (non-hydrogen) atoms. The topological polar surface area (TPSA) is 6.48 Å². The summed E-state index contributed by atoms with van der Waals surface area (Å²) in [6, 6.07) is 94.4. The van der Waals surface area contributed by atoms with Gasteiger partial charge in [0.05, 0.1) is 0 Å². The zero-order valence-corrected chi connectivity index (χ0v) is 37.9. The maximum atomic E-state index is 2.43. The van der Waals surface area contributed by atoms with Crippen molar-refractivity contribution in [1.82, 2.24) is 0 Å². The van der Waals surface area contributed by atoms with Gasteiger partial charge in [-0.3, -0.25) is 0 Å². The van der Waals surface area contributed by atoms with Crippen molar-refractivity contribution in [3.05, 3.63) is 285 Å². The molecule has 0 saturated carbocycles. The smallest absolute Gasteiger partial charge is 0.0474 e. The molecule has 0 unspecified atom stereocenters. The van der Waals surface area contributed by atoms with Gasteiger partial charge >= 0.3 is 0 Å². The molecular formula is C66H50N2. The molecule has 324 valence electrons. The standard InChI is InChI=1S/C66H50N2/c1-7-19-49(20-8-1)52-31-39-59(40-32-52)67(58-29-17-6-18-30-58)60-45-37-57(38-46-60)66-64(55-25-13-4-14-26-55)47-63(48-65(66)56-27-15-5-16-28-56)68(61-41-33-53(34-42-61)50-21-9-2-10-22-50)62-43-35-54(36-44-62)51-23-11-3-12-24-51/h1-15,17-27,29-48H,16,28H2. The number of hydrogen-bond donors (Lipinski definition) is 0. The van der Waals surface area contributed by atoms with Crippen LogP contribution in [0.2, 0.25) is 0 Å². The highest BCUT2D eigenvalue weighted by Crippen LogP contribution is 2.47. The predicted octanol–water partition coefficient (Wildman–Crippen LogP) is 18.7. The molecule has 0 fully saturated rings. The van der Waals surface area contributed by atoms with Crippen LogP contribution in [0.25, 0.3) is 61.2 Å². The lowest BCUT2D eigenvalue weighted by Gasteiger charge is -2.29. The van der Waals surface area contributed by atoms with E-state index in [-0.39, 0.29) is 0 Å². The van der Waals surface area contributed by atoms with Gasteiger partial charge in [-0.15, -0.1) is 0 Å². The molecule has 11 rings (SSSR count). The number of allylic oxidation sites excluding steroid dienone is 4. The molecule has 0 amide bonds. The van der Waals surface area contributed by atoms with E-state index in [1.165, 1.54) is 66.8 Å². The van der Waals surface area contributed by atoms with Gasteiger partial charge in [-0.25, -0.2) is 0 Å². The lowest BCUT2D eigenvalue weighted by Crippen LogP contribution is -2.11. The average molecular weight is 871 g/mol. The number of benzene rings is 10. The molecule has 0 radical (unpaired) electrons. The van der Waals surface area contributed by atoms with Crippen LogP contribution in [-0.2, 0) is 0 Å². The van der Waals surface area contributed by atoms with E-state index >= 15 is 0 Å². The molecule has 0 aliphatic heterocycles. The van der Waals surface area contributed by atoms with Crippen LogP contribution < -0.4 is 9.80 Å². The second-order valence-corrected chi connectivity index (χ2v) is 17.2. The van der Waals surface area contributed by atoms with Gasteiger partial charge in [0.25, 0.3) is 0 Å². The van der Waals surface area contributed by atoms with Gasteiger partial charge in [-0.05, 0) is 152 Å². The molecule has 1 aliphatic rings. The molecule has 0 atom stereocenters. The molecule has 0 aromatic heterocycles. The van der Waals surface area contributed by atoms with Gasteiger partial charge in [0.2, 0.25) is 0 Å². The Morgan fingerprint density at radius 2 is 0.588 bits per heavy atom. The van der Waals surface area contributed by atoms with Gasteiger partial charge in [-0.2, -0.15) is 0 Å². The minimum Gasteiger partial charge on any atom is -0.311 e. The summed E-state index contributed by atoms with van der Waals surface area (Å²) >= 11 is 0. The number of nitrogens with zero attached hydrogens (tertiary/aromatic N) is 2. The van der Waals surface area contributed by atoms with Crippen LogP contribution in [0.1, 0.15) is 18.4 Å². The van der Waals surface area contributed by atoms with Crippen molar-refractivity contribution in [2.45, 2.75) is 12.8 Å². The quantitative estimate of drug-likeness (QED) is 0.121. The van der Waals surface area contributed by atoms with Gasteiger partial charge in [0.1, 0.15) is 0 Å². The Labute approximate surface area is 400 Å². The first-order valence-corrected chi connectivity index (χ1v) is 23.6. The summed E-state index contributed by atoms with van der Waals surface area (Å²) in [5, 5.41) is 0. The maximum Gasteiger partial charge on any atom is 0.0474 e. The minimum absolute atomic E-state index is 0.956. The van der Waals surface area contributed by atoms with Gasteiger partial charge < -0.3 is 9.80 Å². The van der Waals surface area contributed by atoms with Crippen molar-refractivity contribution in [2.24, 2.45) is 0 Å². The number of para-hydroxylation sites is 1. The first-order chi connectivity index (χ1) is 33.7. The average Bonchev–Trinajstić information content (AvgIpc) is 3.43. The molecule has 0 N–H and O–H groups in total. The Morgan fingerprint density at radius 3 is 0.985 bits per heavy atom. The molecule has 2 nitrogen and oxygen atoms in total. The molecule has 0 spiro atoms. The first kappa shape index (κ1) is 41.9. The van der Waals surface area contributed by atoms with Crippen molar-refractivity contribution in [2.75, 3.05) is 9.80 Å². The zero-order valence-electron chi connectivity index (χ0n) is 37.9. The fraction of sp³-hybridized carbons (Fsp3) is 0.0303. The highest BCUT2D eigenvalue weighted by molar-refractivity contribution is 5.97. The Hall–Kier alpha value is -8.72. The highest BCUT2D eigenvalue weighted by Gasteiger charge is 2.23. The highest BCUT2D eigenvalue weighted by atomic mass is 15.1. The van der Waals surface area contributed by atoms with Crippen LogP contribution in [0.4, 0.5) is 34.1 Å². The summed E-state index contributed by atoms with van der Waals surface area (Å²) < 4.78 is 0. The number of rotatable bonds is 12. The summed E-state index contributed by atoms with van der Waals surface area (Å²) in [6.07, 6.45) is 8.77. The maximum absolute atomic E-state index is 2.43. The van der Waals surface area contributed by atoms with Crippen molar-refractivity contribution in [3.8, 4) is 55.6 Å². The van der Waals surface area contributed by atoms with Crippen LogP contribution in [0, 0.1) is 0 Å². The molecule has 0 saturated heterocycles. The van der Waals surface area contributed by atoms with E-state index in [4.69, 9.17) is 0 Å². The minimum atomic E-state index is 0.956. The Bertz CT molecular complexity index is 3220. The molecule has 1 aliphatic carbocycles. The van der Waals surface area contributed by atoms with Crippen LogP contribution in [-0.4, -0.2) is 0 Å². The Kier molecular flexibility index (Phi) is 12.0. The third-order valence-electron chi connectivity index (χ3n) is 13.0. The van der Waals surface area contributed by atoms with Gasteiger partial charge in [0.15, 0.2) is 0 Å². The van der Waals surface area contributed by atoms with Crippen molar-refractivity contribution >= 4 is 39.7 Å². The SMILES string of the molecule is C1=CCCC(c2cc(N(c3ccc(-c4ccccc4)cc3)c3ccc(-c4ccccc4)cc3)cc(-c3ccccc3)c2-c2ccc(N(c3ccccc3)c3ccc(-c4ccccc4)cc3)cc2)=C1. The van der Waals surface area contributed by atoms with Crippen molar-refractivity contribution in [1.29, 1.82) is 0 Å². The lowest BCUT2D eigenvalue weighted by atomic mass is 9.84. The van der Waals surface area contributed by atoms with Crippen molar-refractivity contribution < 1.29 is 0 Å². The summed E-state index contributed by atoms with van der Waals surface area (Å²) in [6.45, 7) is 0. The molecule has 0 heterocycles. The van der Waals surface area contributed by atoms with E-state index in [0.717, 1.165) is 47.0 Å². The summed E-state index contributed by atoms with van der Waals surface area (Å²) in [7, 11) is 0. The van der Waals surface area contributed by atoms with E-state index in [1.54, 1.807) is 0 Å². The third-order valence-corrected chi connectivity index (χ3v) is 13.0. The van der Waals surface area contributed by atoms with E-state index < -0.39 is 0 Å². The lowest BCUT2D eigenvalue weighted by molar-refractivity contribution is 1.05. The van der Waals surface area contributed by atoms with E-state index in [9.17, 15) is 0 Å². The Morgan fingerprint density at radius 1 is 0.265 bits per heavy atom. The summed E-state index contributed by atoms with van der Waals surface area (Å²) in [4.78, 5) is 4.77. The fourth-order valence-electron chi connectivity index (χ4n) is 9.54. The van der Waals surface area contributed by atoms with Gasteiger partial charge in [0, 0.05) is 34.1 Å². The third kappa shape index (κ3) is 8.84. The van der Waals surface area contributed by atoms with E-state index in [2.05, 4.69) is 289 Å². The second-order valence-electron chi connectivity index (χ2n) is 17.2. The molecule has 10 aromatic rings. The first-order valence-electron chi connectivity index (χ1n) is 23.6. The molecule has 0 bridgehead atoms. The Balaban J connectivity index is 1.07. The van der Waals surface area contributed by atoms with Crippen LogP contribution >= 0.6 is 0 Å². The van der Waals surface area contributed by atoms with Crippen LogP contribution in [0.5, 0.6) is 0 Å². The molecule has 2 heteroatoms. The molecular weight excluding hydrogens is 821 g/mol. The van der Waals surface area contributed by atoms with Crippen LogP contribution in [0.3, 0.4) is 0 Å². The van der Waals surface area contributed by atoms with E-state index in [0.29, 0.717) is 0 Å².